The molecule has 0 unspecified atom stereocenters. The van der Waals surface area contributed by atoms with Crippen molar-refractivity contribution in [3.63, 3.8) is 0 Å². The molecule has 1 saturated heterocycles. The molecule has 1 aromatic carbocycles. The number of nitrogens with zero attached hydrogens (tertiary/aromatic N) is 1. The van der Waals surface area contributed by atoms with Crippen molar-refractivity contribution in [2.75, 3.05) is 32.8 Å². The molecule has 2 rings (SSSR count). The maximum absolute atomic E-state index is 14.4. The Labute approximate surface area is 579 Å². The maximum Gasteiger partial charge on any atom is 0.245 e. The standard InChI is InChI=1S/C69H119N15O14/c1-15-43(13)57(83-68(97)58(44(14)16-2)82-66(95)54-26-22-28-84(54)69(98)52(33-42(11)12)80-60(89)46(71)34-45-23-18-17-19-24-45)67(96)74-36-55(86)75-47(25-20-21-27-70)62(91)78-50(31-40(7)8)64(93)79-51(32-41(9)10)65(94)81-53(37-85)61(90)73-35-56(87)76-49(30-39(5)6)63(92)77-48(59(72)88)29-38(3)4/h17-19,23-24,38-44,46-54,57-58,85H,15-16,20-22,25-37,70-71H2,1-14H3,(H2,72,88)(H,73,90)(H,74,96)(H,75,86)(H,76,87)(H,77,92)(H,78,91)(H,79,93)(H,80,89)(H,81,94)(H,82,95)(H,83,97)/t43-,44-,46-,47-,48-,49-,50-,51-,52-,53-,54-,57-,58-/m0/s1. The lowest BCUT2D eigenvalue weighted by Crippen LogP contribution is -2.61. The molecule has 0 aliphatic carbocycles. The fraction of sp³-hybridized carbons (Fsp3) is 0.725. The lowest BCUT2D eigenvalue weighted by Gasteiger charge is -2.32. The van der Waals surface area contributed by atoms with Crippen LogP contribution in [-0.2, 0) is 68.7 Å². The Morgan fingerprint density at radius 2 is 0.908 bits per heavy atom. The normalized spacial score (nSPS) is 16.7. The number of carbonyl (C=O) groups is 13. The molecule has 13 amide bonds. The molecular weight excluding hydrogens is 1260 g/mol. The molecular formula is C69H119N15O14. The molecule has 13 atom stereocenters. The summed E-state index contributed by atoms with van der Waals surface area (Å²) in [6.07, 6.45) is 3.59. The van der Waals surface area contributed by atoms with Gasteiger partial charge in [-0.2, -0.15) is 0 Å². The second kappa shape index (κ2) is 44.3. The van der Waals surface area contributed by atoms with E-state index in [0.29, 0.717) is 38.5 Å². The van der Waals surface area contributed by atoms with E-state index in [1.807, 2.05) is 85.7 Å². The first-order chi connectivity index (χ1) is 46.1. The van der Waals surface area contributed by atoms with Crippen LogP contribution in [0.4, 0.5) is 0 Å². The van der Waals surface area contributed by atoms with Gasteiger partial charge in [-0.15, -0.1) is 0 Å². The summed E-state index contributed by atoms with van der Waals surface area (Å²) >= 11 is 0. The van der Waals surface area contributed by atoms with E-state index in [2.05, 4.69) is 58.5 Å². The number of benzene rings is 1. The monoisotopic (exact) mass is 1380 g/mol. The van der Waals surface area contributed by atoms with Crippen LogP contribution in [0.15, 0.2) is 30.3 Å². The average Bonchev–Trinajstić information content (AvgIpc) is 1.58. The maximum atomic E-state index is 14.4. The predicted octanol–water partition coefficient (Wildman–Crippen LogP) is 0.0723. The summed E-state index contributed by atoms with van der Waals surface area (Å²) in [4.78, 5) is 180. The zero-order valence-corrected chi connectivity index (χ0v) is 60.4. The molecule has 554 valence electrons. The van der Waals surface area contributed by atoms with Gasteiger partial charge in [0.15, 0.2) is 0 Å². The number of aliphatic hydroxyl groups is 1. The first-order valence-electron chi connectivity index (χ1n) is 35.0. The summed E-state index contributed by atoms with van der Waals surface area (Å²) in [5.74, 6) is -10.7. The Kier molecular flexibility index (Phi) is 39.0. The third-order valence-corrected chi connectivity index (χ3v) is 17.0. The van der Waals surface area contributed by atoms with Crippen molar-refractivity contribution >= 4 is 76.8 Å². The van der Waals surface area contributed by atoms with Crippen LogP contribution >= 0.6 is 0 Å². The van der Waals surface area contributed by atoms with Crippen LogP contribution < -0.4 is 75.7 Å². The number of primary amides is 1. The second-order valence-corrected chi connectivity index (χ2v) is 28.2. The van der Waals surface area contributed by atoms with Crippen molar-refractivity contribution in [2.45, 2.75) is 247 Å². The average molecular weight is 1380 g/mol. The number of likely N-dealkylation sites (tertiary alicyclic amines) is 1. The number of hydrogen-bond acceptors (Lipinski definition) is 16. The Morgan fingerprint density at radius 3 is 1.38 bits per heavy atom. The minimum absolute atomic E-state index is 0.0131. The van der Waals surface area contributed by atoms with E-state index in [9.17, 15) is 67.4 Å². The molecule has 29 heteroatoms. The lowest BCUT2D eigenvalue weighted by atomic mass is 9.94. The largest absolute Gasteiger partial charge is 0.394 e. The van der Waals surface area contributed by atoms with Crippen LogP contribution in [-0.4, -0.2) is 186 Å². The molecule has 1 fully saturated rings. The third-order valence-electron chi connectivity index (χ3n) is 17.0. The summed E-state index contributed by atoms with van der Waals surface area (Å²) in [5, 5.41) is 39.4. The zero-order valence-electron chi connectivity index (χ0n) is 60.4. The number of aliphatic hydroxyl groups excluding tert-OH is 1. The molecule has 1 aliphatic heterocycles. The molecule has 1 heterocycles. The first-order valence-corrected chi connectivity index (χ1v) is 35.0. The Balaban J connectivity index is 2.24. The van der Waals surface area contributed by atoms with Crippen molar-refractivity contribution in [1.29, 1.82) is 0 Å². The van der Waals surface area contributed by atoms with Crippen molar-refractivity contribution in [3.05, 3.63) is 35.9 Å². The molecule has 0 spiro atoms. The topological polar surface area (TPSA) is 456 Å². The van der Waals surface area contributed by atoms with Crippen LogP contribution in [0, 0.1) is 41.4 Å². The highest BCUT2D eigenvalue weighted by molar-refractivity contribution is 5.99. The minimum atomic E-state index is -1.61. The molecule has 0 aromatic heterocycles. The van der Waals surface area contributed by atoms with Gasteiger partial charge in [0, 0.05) is 6.54 Å². The van der Waals surface area contributed by atoms with E-state index in [1.54, 1.807) is 41.5 Å². The quantitative estimate of drug-likeness (QED) is 0.0384. The molecule has 1 aliphatic rings. The van der Waals surface area contributed by atoms with E-state index in [0.717, 1.165) is 5.56 Å². The second-order valence-electron chi connectivity index (χ2n) is 28.2. The van der Waals surface area contributed by atoms with Crippen LogP contribution in [0.5, 0.6) is 0 Å². The van der Waals surface area contributed by atoms with Gasteiger partial charge < -0.3 is 85.7 Å². The zero-order chi connectivity index (χ0) is 74.1. The smallest absolute Gasteiger partial charge is 0.245 e. The SMILES string of the molecule is CC[C@H](C)[C@H](NC(=O)[C@@H](NC(=O)[C@@H]1CCCN1C(=O)[C@H](CC(C)C)NC(=O)[C@@H](N)Cc1ccccc1)[C@@H](C)CC)C(=O)NCC(=O)N[C@@H](CCCCN)C(=O)N[C@@H](CC(C)C)C(=O)N[C@@H](CC(C)C)C(=O)N[C@@H](CO)C(=O)NCC(=O)N[C@@H](CC(C)C)C(=O)N[C@@H](CC(C)C)C(N)=O. The number of unbranched alkanes of at least 4 members (excludes halogenated alkanes) is 1. The number of hydrogen-bond donors (Lipinski definition) is 15. The number of amides is 13. The van der Waals surface area contributed by atoms with Crippen LogP contribution in [0.25, 0.3) is 0 Å². The highest BCUT2D eigenvalue weighted by atomic mass is 16.3. The van der Waals surface area contributed by atoms with Gasteiger partial charge in [0.25, 0.3) is 0 Å². The summed E-state index contributed by atoms with van der Waals surface area (Å²) < 4.78 is 0. The van der Waals surface area contributed by atoms with Crippen LogP contribution in [0.1, 0.15) is 180 Å². The fourth-order valence-electron chi connectivity index (χ4n) is 11.3. The van der Waals surface area contributed by atoms with Gasteiger partial charge in [-0.05, 0) is 124 Å². The van der Waals surface area contributed by atoms with Gasteiger partial charge in [0.05, 0.1) is 25.7 Å². The van der Waals surface area contributed by atoms with E-state index in [-0.39, 0.29) is 87.6 Å². The third kappa shape index (κ3) is 31.0. The fourth-order valence-corrected chi connectivity index (χ4v) is 11.3. The van der Waals surface area contributed by atoms with Gasteiger partial charge in [0.2, 0.25) is 76.8 Å². The number of carbonyl (C=O) groups excluding carboxylic acids is 13. The highest BCUT2D eigenvalue weighted by Crippen LogP contribution is 2.23. The molecule has 0 radical (unpaired) electrons. The summed E-state index contributed by atoms with van der Waals surface area (Å²) in [6.45, 7) is 23.7. The Bertz CT molecular complexity index is 2770. The Morgan fingerprint density at radius 1 is 0.490 bits per heavy atom. The van der Waals surface area contributed by atoms with E-state index < -0.39 is 175 Å². The lowest BCUT2D eigenvalue weighted by molar-refractivity contribution is -0.143. The highest BCUT2D eigenvalue weighted by Gasteiger charge is 2.42. The molecule has 0 bridgehead atoms. The van der Waals surface area contributed by atoms with Crippen molar-refractivity contribution in [3.8, 4) is 0 Å². The molecule has 1 aromatic rings. The molecule has 98 heavy (non-hydrogen) atoms. The molecule has 18 N–H and O–H groups in total. The summed E-state index contributed by atoms with van der Waals surface area (Å²) in [6, 6.07) is -3.51. The van der Waals surface area contributed by atoms with E-state index in [1.165, 1.54) is 4.90 Å². The summed E-state index contributed by atoms with van der Waals surface area (Å²) in [7, 11) is 0. The van der Waals surface area contributed by atoms with Crippen LogP contribution in [0.2, 0.25) is 0 Å². The van der Waals surface area contributed by atoms with Gasteiger partial charge in [0.1, 0.15) is 60.4 Å². The number of nitrogens with one attached hydrogen (secondary N) is 11. The first kappa shape index (κ1) is 86.3. The van der Waals surface area contributed by atoms with Gasteiger partial charge in [-0.3, -0.25) is 62.3 Å². The molecule has 29 nitrogen and oxygen atoms in total. The van der Waals surface area contributed by atoms with Gasteiger partial charge >= 0.3 is 0 Å². The van der Waals surface area contributed by atoms with Crippen LogP contribution in [0.3, 0.4) is 0 Å². The van der Waals surface area contributed by atoms with E-state index in [4.69, 9.17) is 17.2 Å². The van der Waals surface area contributed by atoms with Crippen molar-refractivity contribution in [1.82, 2.24) is 63.4 Å². The predicted molar refractivity (Wildman–Crippen MR) is 372 cm³/mol. The minimum Gasteiger partial charge on any atom is -0.394 e. The van der Waals surface area contributed by atoms with Crippen molar-refractivity contribution in [2.24, 2.45) is 58.6 Å². The van der Waals surface area contributed by atoms with Gasteiger partial charge in [-0.25, -0.2) is 0 Å². The number of rotatable bonds is 45. The Hall–Kier alpha value is -7.79. The van der Waals surface area contributed by atoms with E-state index >= 15 is 0 Å². The number of nitrogens with two attached hydrogens (primary N) is 3. The van der Waals surface area contributed by atoms with Gasteiger partial charge in [-0.1, -0.05) is 140 Å². The summed E-state index contributed by atoms with van der Waals surface area (Å²) in [5.41, 5.74) is 18.5. The molecule has 0 saturated carbocycles. The van der Waals surface area contributed by atoms with Crippen molar-refractivity contribution < 1.29 is 67.4 Å².